The zero-order chi connectivity index (χ0) is 19.6. The summed E-state index contributed by atoms with van der Waals surface area (Å²) in [6, 6.07) is 17.7. The average Bonchev–Trinajstić information content (AvgIpc) is 3.21. The molecule has 0 radical (unpaired) electrons. The van der Waals surface area contributed by atoms with Crippen LogP contribution in [0.4, 0.5) is 11.6 Å². The normalized spacial score (nSPS) is 11.5. The quantitative estimate of drug-likeness (QED) is 0.517. The van der Waals surface area contributed by atoms with E-state index < -0.39 is 10.0 Å². The molecule has 4 rings (SSSR count). The maximum atomic E-state index is 12.8. The van der Waals surface area contributed by atoms with Gasteiger partial charge in [0.1, 0.15) is 0 Å². The molecular formula is C20H18N4O2S2. The summed E-state index contributed by atoms with van der Waals surface area (Å²) in [5.74, 6) is 0.685. The molecule has 0 spiro atoms. The van der Waals surface area contributed by atoms with E-state index in [0.717, 1.165) is 5.56 Å². The predicted molar refractivity (Wildman–Crippen MR) is 113 cm³/mol. The molecule has 0 aliphatic rings. The van der Waals surface area contributed by atoms with Crippen molar-refractivity contribution in [1.82, 2.24) is 9.97 Å². The number of benzene rings is 2. The maximum Gasteiger partial charge on any atom is 0.263 e. The molecule has 6 nitrogen and oxygen atoms in total. The molecule has 2 aromatic carbocycles. The number of anilines is 2. The van der Waals surface area contributed by atoms with E-state index >= 15 is 0 Å². The number of fused-ring (bicyclic) bond motifs is 1. The molecule has 0 aliphatic carbocycles. The molecule has 2 aromatic heterocycles. The van der Waals surface area contributed by atoms with Gasteiger partial charge in [0, 0.05) is 13.6 Å². The van der Waals surface area contributed by atoms with Crippen molar-refractivity contribution in [2.75, 3.05) is 16.7 Å². The Morgan fingerprint density at radius 3 is 2.32 bits per heavy atom. The molecule has 0 aliphatic heterocycles. The van der Waals surface area contributed by atoms with E-state index in [2.05, 4.69) is 20.1 Å². The van der Waals surface area contributed by atoms with Crippen LogP contribution in [0.25, 0.3) is 11.0 Å². The third-order valence-corrected chi connectivity index (χ3v) is 6.29. The van der Waals surface area contributed by atoms with Crippen LogP contribution in [0, 0.1) is 0 Å². The van der Waals surface area contributed by atoms with Crippen LogP contribution >= 0.6 is 11.3 Å². The standard InChI is InChI=1S/C20H18N4O2S2/c1-24(13-15-11-12-27-14-15)20-19(21-17-9-5-6-10-18(17)22-20)23-28(25,26)16-7-3-2-4-8-16/h2-12,14H,13H2,1H3,(H,21,23). The van der Waals surface area contributed by atoms with Crippen LogP contribution in [0.3, 0.4) is 0 Å². The Kier molecular flexibility index (Phi) is 4.97. The van der Waals surface area contributed by atoms with Crippen molar-refractivity contribution in [3.8, 4) is 0 Å². The third kappa shape index (κ3) is 3.83. The van der Waals surface area contributed by atoms with Crippen molar-refractivity contribution in [3.63, 3.8) is 0 Å². The van der Waals surface area contributed by atoms with Crippen molar-refractivity contribution < 1.29 is 8.42 Å². The number of nitrogens with zero attached hydrogens (tertiary/aromatic N) is 3. The van der Waals surface area contributed by atoms with E-state index in [1.165, 1.54) is 0 Å². The van der Waals surface area contributed by atoms with Crippen molar-refractivity contribution in [1.29, 1.82) is 0 Å². The SMILES string of the molecule is CN(Cc1ccsc1)c1nc2ccccc2nc1NS(=O)(=O)c1ccccc1. The fraction of sp³-hybridized carbons (Fsp3) is 0.100. The Labute approximate surface area is 167 Å². The third-order valence-electron chi connectivity index (χ3n) is 4.20. The van der Waals surface area contributed by atoms with Crippen LogP contribution in [0.15, 0.2) is 76.3 Å². The molecule has 0 atom stereocenters. The zero-order valence-electron chi connectivity index (χ0n) is 15.1. The summed E-state index contributed by atoms with van der Waals surface area (Å²) in [6.45, 7) is 0.594. The van der Waals surface area contributed by atoms with Gasteiger partial charge in [0.05, 0.1) is 15.9 Å². The first-order valence-electron chi connectivity index (χ1n) is 8.60. The Hall–Kier alpha value is -2.97. The lowest BCUT2D eigenvalue weighted by Crippen LogP contribution is -2.22. The van der Waals surface area contributed by atoms with Crippen molar-refractivity contribution in [2.45, 2.75) is 11.4 Å². The second kappa shape index (κ2) is 7.57. The maximum absolute atomic E-state index is 12.8. The molecule has 2 heterocycles. The number of thiophene rings is 1. The molecular weight excluding hydrogens is 392 g/mol. The summed E-state index contributed by atoms with van der Waals surface area (Å²) in [6.07, 6.45) is 0. The minimum Gasteiger partial charge on any atom is -0.352 e. The summed E-state index contributed by atoms with van der Waals surface area (Å²) in [7, 11) is -1.91. The minimum absolute atomic E-state index is 0.177. The first kappa shape index (κ1) is 18.4. The van der Waals surface area contributed by atoms with Crippen LogP contribution in [0.1, 0.15) is 5.56 Å². The highest BCUT2D eigenvalue weighted by atomic mass is 32.2. The van der Waals surface area contributed by atoms with Gasteiger partial charge in [0.2, 0.25) is 0 Å². The van der Waals surface area contributed by atoms with E-state index in [9.17, 15) is 8.42 Å². The number of aromatic nitrogens is 2. The molecule has 0 fully saturated rings. The molecule has 0 saturated heterocycles. The van der Waals surface area contributed by atoms with Crippen LogP contribution in [0.5, 0.6) is 0 Å². The molecule has 28 heavy (non-hydrogen) atoms. The molecule has 0 bridgehead atoms. The van der Waals surface area contributed by atoms with Gasteiger partial charge in [0.25, 0.3) is 10.0 Å². The van der Waals surface area contributed by atoms with E-state index in [0.29, 0.717) is 23.4 Å². The number of para-hydroxylation sites is 2. The summed E-state index contributed by atoms with van der Waals surface area (Å²) in [5.41, 5.74) is 2.46. The molecule has 8 heteroatoms. The second-order valence-corrected chi connectivity index (χ2v) is 8.75. The highest BCUT2D eigenvalue weighted by Gasteiger charge is 2.20. The van der Waals surface area contributed by atoms with Crippen LogP contribution in [0.2, 0.25) is 0 Å². The van der Waals surface area contributed by atoms with Gasteiger partial charge in [-0.25, -0.2) is 18.4 Å². The van der Waals surface area contributed by atoms with Crippen LogP contribution in [-0.2, 0) is 16.6 Å². The van der Waals surface area contributed by atoms with Gasteiger partial charge < -0.3 is 4.90 Å². The van der Waals surface area contributed by atoms with Gasteiger partial charge >= 0.3 is 0 Å². The van der Waals surface area contributed by atoms with Gasteiger partial charge in [-0.3, -0.25) is 4.72 Å². The average molecular weight is 411 g/mol. The van der Waals surface area contributed by atoms with Crippen LogP contribution < -0.4 is 9.62 Å². The summed E-state index contributed by atoms with van der Waals surface area (Å²) in [5, 5.41) is 4.06. The summed E-state index contributed by atoms with van der Waals surface area (Å²) in [4.78, 5) is 11.3. The summed E-state index contributed by atoms with van der Waals surface area (Å²) < 4.78 is 28.3. The zero-order valence-corrected chi connectivity index (χ0v) is 16.7. The molecule has 1 N–H and O–H groups in total. The lowest BCUT2D eigenvalue weighted by atomic mass is 10.3. The Morgan fingerprint density at radius 1 is 0.964 bits per heavy atom. The molecule has 0 saturated carbocycles. The minimum atomic E-state index is -3.78. The fourth-order valence-electron chi connectivity index (χ4n) is 2.84. The summed E-state index contributed by atoms with van der Waals surface area (Å²) >= 11 is 1.62. The highest BCUT2D eigenvalue weighted by molar-refractivity contribution is 7.92. The monoisotopic (exact) mass is 410 g/mol. The lowest BCUT2D eigenvalue weighted by molar-refractivity contribution is 0.601. The van der Waals surface area contributed by atoms with Gasteiger partial charge in [0.15, 0.2) is 11.6 Å². The largest absolute Gasteiger partial charge is 0.352 e. The van der Waals surface area contributed by atoms with E-state index in [4.69, 9.17) is 0 Å². The second-order valence-electron chi connectivity index (χ2n) is 6.29. The van der Waals surface area contributed by atoms with E-state index in [1.54, 1.807) is 41.7 Å². The Morgan fingerprint density at radius 2 is 1.64 bits per heavy atom. The Balaban J connectivity index is 1.77. The predicted octanol–water partition coefficient (Wildman–Crippen LogP) is 4.13. The fourth-order valence-corrected chi connectivity index (χ4v) is 4.53. The number of hydrogen-bond donors (Lipinski definition) is 1. The Bertz CT molecular complexity index is 1190. The van der Waals surface area contributed by atoms with Crippen molar-refractivity contribution in [3.05, 3.63) is 77.0 Å². The topological polar surface area (TPSA) is 75.2 Å². The first-order valence-corrected chi connectivity index (χ1v) is 11.0. The number of hydrogen-bond acceptors (Lipinski definition) is 6. The van der Waals surface area contributed by atoms with E-state index in [1.807, 2.05) is 47.7 Å². The lowest BCUT2D eigenvalue weighted by Gasteiger charge is -2.21. The number of nitrogens with one attached hydrogen (secondary N) is 1. The molecule has 4 aromatic rings. The van der Waals surface area contributed by atoms with Gasteiger partial charge in [-0.15, -0.1) is 0 Å². The smallest absolute Gasteiger partial charge is 0.263 e. The van der Waals surface area contributed by atoms with Gasteiger partial charge in [-0.2, -0.15) is 11.3 Å². The highest BCUT2D eigenvalue weighted by Crippen LogP contribution is 2.27. The van der Waals surface area contributed by atoms with E-state index in [-0.39, 0.29) is 10.7 Å². The van der Waals surface area contributed by atoms with Gasteiger partial charge in [-0.1, -0.05) is 30.3 Å². The van der Waals surface area contributed by atoms with Gasteiger partial charge in [-0.05, 0) is 46.7 Å². The number of sulfonamides is 1. The van der Waals surface area contributed by atoms with Crippen molar-refractivity contribution in [2.24, 2.45) is 0 Å². The number of rotatable bonds is 6. The first-order chi connectivity index (χ1) is 13.5. The van der Waals surface area contributed by atoms with Crippen LogP contribution in [-0.4, -0.2) is 25.4 Å². The molecule has 142 valence electrons. The van der Waals surface area contributed by atoms with Crippen molar-refractivity contribution >= 4 is 44.0 Å². The molecule has 0 unspecified atom stereocenters. The molecule has 0 amide bonds.